The molecule has 0 heterocycles. The number of allylic oxidation sites excluding steroid dienone is 2. The Bertz CT molecular complexity index is 539. The minimum atomic E-state index is -1.13. The van der Waals surface area contributed by atoms with Gasteiger partial charge in [-0.15, -0.1) is 0 Å². The second-order valence-electron chi connectivity index (χ2n) is 11.7. The second-order valence-corrected chi connectivity index (χ2v) is 11.7. The van der Waals surface area contributed by atoms with Crippen molar-refractivity contribution in [2.45, 2.75) is 193 Å². The fraction of sp³-hybridized carbons (Fsp3) is 0.912. The first-order valence-corrected chi connectivity index (χ1v) is 17.0. The first kappa shape index (κ1) is 38.1. The Morgan fingerprint density at radius 3 is 1.54 bits per heavy atom. The van der Waals surface area contributed by atoms with Gasteiger partial charge in [0.2, 0.25) is 5.91 Å². The monoisotopic (exact) mass is 554 g/mol. The van der Waals surface area contributed by atoms with Crippen molar-refractivity contribution in [1.29, 1.82) is 0 Å². The van der Waals surface area contributed by atoms with Gasteiger partial charge in [-0.3, -0.25) is 4.79 Å². The third kappa shape index (κ3) is 25.8. The molecule has 0 aliphatic rings. The predicted molar refractivity (Wildman–Crippen MR) is 167 cm³/mol. The first-order valence-electron chi connectivity index (χ1n) is 17.0. The van der Waals surface area contributed by atoms with E-state index in [2.05, 4.69) is 31.3 Å². The standard InChI is InChI=1S/C34H67NO4/c1-3-5-7-9-11-13-15-17-18-20-22-24-26-28-32(37)34(39)31(30-36)35-33(38)29-27-25-23-21-19-16-14-12-10-8-6-4-2/h12,14,31-32,34,36-37,39H,3-11,13,15-30H2,1-2H3,(H,35,38)/b14-12-. The van der Waals surface area contributed by atoms with Crippen LogP contribution < -0.4 is 5.32 Å². The van der Waals surface area contributed by atoms with Crippen LogP contribution in [-0.2, 0) is 4.79 Å². The van der Waals surface area contributed by atoms with Crippen LogP contribution in [-0.4, -0.2) is 46.1 Å². The van der Waals surface area contributed by atoms with E-state index < -0.39 is 18.2 Å². The minimum absolute atomic E-state index is 0.156. The predicted octanol–water partition coefficient (Wildman–Crippen LogP) is 8.53. The molecule has 1 amide bonds. The van der Waals surface area contributed by atoms with Crippen LogP contribution in [0, 0.1) is 0 Å². The van der Waals surface area contributed by atoms with E-state index in [1.54, 1.807) is 0 Å². The van der Waals surface area contributed by atoms with Crippen molar-refractivity contribution in [3.8, 4) is 0 Å². The molecule has 0 spiro atoms. The molecule has 3 unspecified atom stereocenters. The summed E-state index contributed by atoms with van der Waals surface area (Å²) in [4.78, 5) is 12.3. The Labute approximate surface area is 242 Å². The van der Waals surface area contributed by atoms with Crippen LogP contribution in [0.4, 0.5) is 0 Å². The second kappa shape index (κ2) is 30.1. The summed E-state index contributed by atoms with van der Waals surface area (Å²) < 4.78 is 0. The molecule has 5 nitrogen and oxygen atoms in total. The molecule has 232 valence electrons. The van der Waals surface area contributed by atoms with Gasteiger partial charge >= 0.3 is 0 Å². The molecule has 0 fully saturated rings. The molecular formula is C34H67NO4. The van der Waals surface area contributed by atoms with Gasteiger partial charge in [0.25, 0.3) is 0 Å². The van der Waals surface area contributed by atoms with E-state index in [1.165, 1.54) is 103 Å². The number of carbonyl (C=O) groups is 1. The maximum atomic E-state index is 12.3. The normalized spacial score (nSPS) is 14.1. The minimum Gasteiger partial charge on any atom is -0.394 e. The van der Waals surface area contributed by atoms with Gasteiger partial charge in [-0.05, 0) is 38.5 Å². The van der Waals surface area contributed by atoms with Gasteiger partial charge < -0.3 is 20.6 Å². The molecule has 4 N–H and O–H groups in total. The van der Waals surface area contributed by atoms with Gasteiger partial charge in [0.1, 0.15) is 6.10 Å². The number of rotatable bonds is 30. The van der Waals surface area contributed by atoms with E-state index in [1.807, 2.05) is 0 Å². The van der Waals surface area contributed by atoms with E-state index in [0.717, 1.165) is 44.9 Å². The summed E-state index contributed by atoms with van der Waals surface area (Å²) in [5, 5.41) is 33.2. The molecule has 0 saturated carbocycles. The van der Waals surface area contributed by atoms with Gasteiger partial charge in [-0.25, -0.2) is 0 Å². The van der Waals surface area contributed by atoms with Gasteiger partial charge in [0.15, 0.2) is 0 Å². The lowest BCUT2D eigenvalue weighted by atomic mass is 9.99. The number of amides is 1. The highest BCUT2D eigenvalue weighted by molar-refractivity contribution is 5.76. The Balaban J connectivity index is 3.73. The van der Waals surface area contributed by atoms with E-state index in [4.69, 9.17) is 0 Å². The molecule has 0 aliphatic heterocycles. The Morgan fingerprint density at radius 2 is 1.03 bits per heavy atom. The van der Waals surface area contributed by atoms with Crippen molar-refractivity contribution < 1.29 is 20.1 Å². The number of nitrogens with one attached hydrogen (secondary N) is 1. The average Bonchev–Trinajstić information content (AvgIpc) is 2.94. The molecule has 0 aromatic rings. The molecule has 3 atom stereocenters. The van der Waals surface area contributed by atoms with E-state index in [9.17, 15) is 20.1 Å². The molecule has 0 aromatic carbocycles. The SMILES string of the molecule is CCCCC/C=C\CCCCCCCC(=O)NC(CO)C(O)C(O)CCCCCCCCCCCCCCC. The molecule has 39 heavy (non-hydrogen) atoms. The van der Waals surface area contributed by atoms with Crippen molar-refractivity contribution >= 4 is 5.91 Å². The summed E-state index contributed by atoms with van der Waals surface area (Å²) in [5.74, 6) is -0.156. The van der Waals surface area contributed by atoms with E-state index in [0.29, 0.717) is 12.8 Å². The molecule has 0 aliphatic carbocycles. The Hall–Kier alpha value is -0.910. The van der Waals surface area contributed by atoms with Gasteiger partial charge in [-0.2, -0.15) is 0 Å². The fourth-order valence-electron chi connectivity index (χ4n) is 5.15. The summed E-state index contributed by atoms with van der Waals surface area (Å²) >= 11 is 0. The maximum Gasteiger partial charge on any atom is 0.220 e. The number of hydrogen-bond acceptors (Lipinski definition) is 4. The number of hydrogen-bond donors (Lipinski definition) is 4. The Kier molecular flexibility index (Phi) is 29.4. The maximum absolute atomic E-state index is 12.3. The summed E-state index contributed by atoms with van der Waals surface area (Å²) in [5.41, 5.74) is 0. The van der Waals surface area contributed by atoms with Crippen molar-refractivity contribution in [1.82, 2.24) is 5.32 Å². The topological polar surface area (TPSA) is 89.8 Å². The smallest absolute Gasteiger partial charge is 0.220 e. The first-order chi connectivity index (χ1) is 19.1. The highest BCUT2D eigenvalue weighted by Gasteiger charge is 2.26. The molecular weight excluding hydrogens is 486 g/mol. The van der Waals surface area contributed by atoms with Crippen molar-refractivity contribution in [2.75, 3.05) is 6.61 Å². The zero-order valence-corrected chi connectivity index (χ0v) is 26.0. The lowest BCUT2D eigenvalue weighted by Crippen LogP contribution is -2.50. The number of unbranched alkanes of at least 4 members (excludes halogenated alkanes) is 20. The van der Waals surface area contributed by atoms with Crippen LogP contribution in [0.2, 0.25) is 0 Å². The molecule has 0 bridgehead atoms. The van der Waals surface area contributed by atoms with E-state index in [-0.39, 0.29) is 12.5 Å². The zero-order chi connectivity index (χ0) is 28.8. The van der Waals surface area contributed by atoms with Gasteiger partial charge in [0.05, 0.1) is 18.8 Å². The lowest BCUT2D eigenvalue weighted by molar-refractivity contribution is -0.124. The number of aliphatic hydroxyl groups excluding tert-OH is 3. The molecule has 5 heteroatoms. The third-order valence-corrected chi connectivity index (χ3v) is 7.87. The largest absolute Gasteiger partial charge is 0.394 e. The molecule has 0 radical (unpaired) electrons. The van der Waals surface area contributed by atoms with Crippen LogP contribution in [0.1, 0.15) is 174 Å². The molecule has 0 aromatic heterocycles. The van der Waals surface area contributed by atoms with Gasteiger partial charge in [-0.1, -0.05) is 142 Å². The van der Waals surface area contributed by atoms with Crippen LogP contribution in [0.3, 0.4) is 0 Å². The number of aliphatic hydroxyl groups is 3. The van der Waals surface area contributed by atoms with E-state index >= 15 is 0 Å². The molecule has 0 rings (SSSR count). The van der Waals surface area contributed by atoms with Crippen LogP contribution >= 0.6 is 0 Å². The van der Waals surface area contributed by atoms with Crippen LogP contribution in [0.25, 0.3) is 0 Å². The van der Waals surface area contributed by atoms with Crippen molar-refractivity contribution in [2.24, 2.45) is 0 Å². The van der Waals surface area contributed by atoms with Crippen molar-refractivity contribution in [3.05, 3.63) is 12.2 Å². The summed E-state index contributed by atoms with van der Waals surface area (Å²) in [6.07, 6.45) is 31.5. The zero-order valence-electron chi connectivity index (χ0n) is 26.0. The van der Waals surface area contributed by atoms with Gasteiger partial charge in [0, 0.05) is 6.42 Å². The third-order valence-electron chi connectivity index (χ3n) is 7.87. The molecule has 0 saturated heterocycles. The number of carbonyl (C=O) groups excluding carboxylic acids is 1. The highest BCUT2D eigenvalue weighted by atomic mass is 16.3. The lowest BCUT2D eigenvalue weighted by Gasteiger charge is -2.26. The summed E-state index contributed by atoms with van der Waals surface area (Å²) in [6.45, 7) is 4.12. The van der Waals surface area contributed by atoms with Crippen LogP contribution in [0.15, 0.2) is 12.2 Å². The summed E-state index contributed by atoms with van der Waals surface area (Å²) in [6, 6.07) is -0.807. The quantitative estimate of drug-likeness (QED) is 0.0530. The fourth-order valence-corrected chi connectivity index (χ4v) is 5.15. The van der Waals surface area contributed by atoms with Crippen molar-refractivity contribution in [3.63, 3.8) is 0 Å². The highest BCUT2D eigenvalue weighted by Crippen LogP contribution is 2.15. The Morgan fingerprint density at radius 1 is 0.615 bits per heavy atom. The summed E-state index contributed by atoms with van der Waals surface area (Å²) in [7, 11) is 0. The average molecular weight is 554 g/mol. The van der Waals surface area contributed by atoms with Crippen LogP contribution in [0.5, 0.6) is 0 Å².